The first-order valence-electron chi connectivity index (χ1n) is 8.70. The number of hydrogen-bond donors (Lipinski definition) is 0. The van der Waals surface area contributed by atoms with E-state index in [1.54, 1.807) is 24.5 Å². The van der Waals surface area contributed by atoms with Crippen molar-refractivity contribution in [1.29, 1.82) is 0 Å². The molecule has 2 aliphatic heterocycles. The average Bonchev–Trinajstić information content (AvgIpc) is 3.26. The van der Waals surface area contributed by atoms with Crippen LogP contribution in [0.15, 0.2) is 53.8 Å². The van der Waals surface area contributed by atoms with Crippen molar-refractivity contribution in [2.45, 2.75) is 17.4 Å². The Morgan fingerprint density at radius 2 is 2.12 bits per heavy atom. The number of hydrogen-bond acceptors (Lipinski definition) is 6. The lowest BCUT2D eigenvalue weighted by Crippen LogP contribution is -2.31. The molecular formula is C18H21N3O4S. The largest absolute Gasteiger partial charge is 0.478 e. The molecule has 0 aromatic carbocycles. The first-order valence-corrected chi connectivity index (χ1v) is 10.1. The van der Waals surface area contributed by atoms with E-state index in [0.29, 0.717) is 32.2 Å². The number of sulfonamides is 1. The molecule has 138 valence electrons. The molecule has 4 heterocycles. The SMILES string of the molecule is O=S(=O)(c1cccnc1)N1C[C@H]2[C@@H](CCOc3ccccn3)CO[C@H]2C1. The van der Waals surface area contributed by atoms with Gasteiger partial charge in [0.05, 0.1) is 19.3 Å². The highest BCUT2D eigenvalue weighted by Gasteiger charge is 2.47. The molecular weight excluding hydrogens is 354 g/mol. The quantitative estimate of drug-likeness (QED) is 0.762. The second-order valence-corrected chi connectivity index (χ2v) is 8.55. The van der Waals surface area contributed by atoms with E-state index in [-0.39, 0.29) is 22.8 Å². The molecule has 2 aliphatic rings. The zero-order chi connectivity index (χ0) is 18.0. The Bertz CT molecular complexity index is 832. The number of ether oxygens (including phenoxy) is 2. The number of fused-ring (bicyclic) bond motifs is 1. The summed E-state index contributed by atoms with van der Waals surface area (Å²) < 4.78 is 38.6. The highest BCUT2D eigenvalue weighted by atomic mass is 32.2. The Morgan fingerprint density at radius 1 is 1.19 bits per heavy atom. The molecule has 2 fully saturated rings. The summed E-state index contributed by atoms with van der Waals surface area (Å²) in [5.74, 6) is 1.10. The zero-order valence-corrected chi connectivity index (χ0v) is 15.1. The predicted molar refractivity (Wildman–Crippen MR) is 94.1 cm³/mol. The van der Waals surface area contributed by atoms with Gasteiger partial charge in [0.15, 0.2) is 0 Å². The summed E-state index contributed by atoms with van der Waals surface area (Å²) in [6, 6.07) is 8.77. The average molecular weight is 375 g/mol. The van der Waals surface area contributed by atoms with Gasteiger partial charge in [0.1, 0.15) is 4.90 Å². The summed E-state index contributed by atoms with van der Waals surface area (Å²) in [7, 11) is -3.52. The molecule has 2 saturated heterocycles. The third-order valence-electron chi connectivity index (χ3n) is 5.05. The van der Waals surface area contributed by atoms with Crippen LogP contribution in [0.2, 0.25) is 0 Å². The third-order valence-corrected chi connectivity index (χ3v) is 6.87. The minimum absolute atomic E-state index is 0.0405. The van der Waals surface area contributed by atoms with Crippen molar-refractivity contribution in [2.75, 3.05) is 26.3 Å². The van der Waals surface area contributed by atoms with E-state index in [0.717, 1.165) is 6.42 Å². The van der Waals surface area contributed by atoms with Crippen LogP contribution in [0.5, 0.6) is 5.88 Å². The van der Waals surface area contributed by atoms with Crippen molar-refractivity contribution in [3.05, 3.63) is 48.9 Å². The fourth-order valence-electron chi connectivity index (χ4n) is 3.65. The molecule has 0 radical (unpaired) electrons. The maximum Gasteiger partial charge on any atom is 0.244 e. The molecule has 0 spiro atoms. The van der Waals surface area contributed by atoms with Crippen LogP contribution in [0.4, 0.5) is 0 Å². The monoisotopic (exact) mass is 375 g/mol. The van der Waals surface area contributed by atoms with Crippen LogP contribution in [-0.2, 0) is 14.8 Å². The molecule has 4 rings (SSSR count). The molecule has 3 atom stereocenters. The predicted octanol–water partition coefficient (Wildman–Crippen LogP) is 1.58. The summed E-state index contributed by atoms with van der Waals surface area (Å²) in [4.78, 5) is 8.29. The molecule has 26 heavy (non-hydrogen) atoms. The normalized spacial score (nSPS) is 25.9. The van der Waals surface area contributed by atoms with Crippen LogP contribution in [0.1, 0.15) is 6.42 Å². The van der Waals surface area contributed by atoms with Crippen LogP contribution in [0.25, 0.3) is 0 Å². The topological polar surface area (TPSA) is 81.6 Å². The first kappa shape index (κ1) is 17.4. The summed E-state index contributed by atoms with van der Waals surface area (Å²) >= 11 is 0. The third kappa shape index (κ3) is 3.44. The van der Waals surface area contributed by atoms with E-state index < -0.39 is 10.0 Å². The van der Waals surface area contributed by atoms with Gasteiger partial charge in [-0.3, -0.25) is 4.98 Å². The van der Waals surface area contributed by atoms with Gasteiger partial charge >= 0.3 is 0 Å². The van der Waals surface area contributed by atoms with Gasteiger partial charge in [-0.05, 0) is 30.5 Å². The Hall–Kier alpha value is -2.03. The highest BCUT2D eigenvalue weighted by molar-refractivity contribution is 7.89. The van der Waals surface area contributed by atoms with E-state index in [9.17, 15) is 8.42 Å². The van der Waals surface area contributed by atoms with Crippen LogP contribution < -0.4 is 4.74 Å². The van der Waals surface area contributed by atoms with Crippen molar-refractivity contribution >= 4 is 10.0 Å². The van der Waals surface area contributed by atoms with Crippen molar-refractivity contribution in [3.63, 3.8) is 0 Å². The van der Waals surface area contributed by atoms with Gasteiger partial charge in [-0.1, -0.05) is 6.07 Å². The van der Waals surface area contributed by atoms with E-state index in [1.165, 1.54) is 10.5 Å². The van der Waals surface area contributed by atoms with Crippen molar-refractivity contribution in [3.8, 4) is 5.88 Å². The molecule has 0 bridgehead atoms. The molecule has 2 aromatic rings. The van der Waals surface area contributed by atoms with Crippen molar-refractivity contribution in [1.82, 2.24) is 14.3 Å². The maximum atomic E-state index is 12.8. The van der Waals surface area contributed by atoms with Crippen molar-refractivity contribution < 1.29 is 17.9 Å². The van der Waals surface area contributed by atoms with Gasteiger partial charge in [0.2, 0.25) is 15.9 Å². The molecule has 0 saturated carbocycles. The Labute approximate surface area is 153 Å². The lowest BCUT2D eigenvalue weighted by Gasteiger charge is -2.19. The smallest absolute Gasteiger partial charge is 0.244 e. The lowest BCUT2D eigenvalue weighted by atomic mass is 9.91. The number of nitrogens with zero attached hydrogens (tertiary/aromatic N) is 3. The van der Waals surface area contributed by atoms with Gasteiger partial charge in [-0.2, -0.15) is 4.31 Å². The Morgan fingerprint density at radius 3 is 2.88 bits per heavy atom. The molecule has 0 amide bonds. The lowest BCUT2D eigenvalue weighted by molar-refractivity contribution is 0.102. The van der Waals surface area contributed by atoms with Crippen LogP contribution >= 0.6 is 0 Å². The van der Waals surface area contributed by atoms with Gasteiger partial charge in [-0.25, -0.2) is 13.4 Å². The van der Waals surface area contributed by atoms with Gasteiger partial charge < -0.3 is 9.47 Å². The second-order valence-electron chi connectivity index (χ2n) is 6.61. The Kier molecular flexibility index (Phi) is 4.88. The fourth-order valence-corrected chi connectivity index (χ4v) is 5.11. The Balaban J connectivity index is 1.36. The van der Waals surface area contributed by atoms with Gasteiger partial charge in [0, 0.05) is 43.7 Å². The van der Waals surface area contributed by atoms with Crippen LogP contribution in [0.3, 0.4) is 0 Å². The minimum atomic E-state index is -3.52. The number of pyridine rings is 2. The van der Waals surface area contributed by atoms with Crippen molar-refractivity contribution in [2.24, 2.45) is 11.8 Å². The van der Waals surface area contributed by atoms with Crippen LogP contribution in [0, 0.1) is 11.8 Å². The number of rotatable bonds is 6. The van der Waals surface area contributed by atoms with Gasteiger partial charge in [-0.15, -0.1) is 0 Å². The fraction of sp³-hybridized carbons (Fsp3) is 0.444. The molecule has 0 N–H and O–H groups in total. The maximum absolute atomic E-state index is 12.8. The second kappa shape index (κ2) is 7.30. The standard InChI is InChI=1S/C18H21N3O4S/c22-26(23,15-4-3-7-19-10-15)21-11-16-14(13-25-17(16)12-21)6-9-24-18-5-1-2-8-20-18/h1-5,7-8,10,14,16-17H,6,9,11-13H2/t14-,16-,17-/m0/s1. The van der Waals surface area contributed by atoms with E-state index >= 15 is 0 Å². The summed E-state index contributed by atoms with van der Waals surface area (Å²) in [6.07, 6.45) is 5.43. The highest BCUT2D eigenvalue weighted by Crippen LogP contribution is 2.37. The number of aromatic nitrogens is 2. The molecule has 2 aromatic heterocycles. The molecule has 0 aliphatic carbocycles. The molecule has 0 unspecified atom stereocenters. The molecule has 8 heteroatoms. The van der Waals surface area contributed by atoms with E-state index in [2.05, 4.69) is 9.97 Å². The minimum Gasteiger partial charge on any atom is -0.478 e. The summed E-state index contributed by atoms with van der Waals surface area (Å²) in [5, 5.41) is 0. The molecule has 7 nitrogen and oxygen atoms in total. The zero-order valence-electron chi connectivity index (χ0n) is 14.3. The van der Waals surface area contributed by atoms with E-state index in [1.807, 2.05) is 18.2 Å². The summed E-state index contributed by atoms with van der Waals surface area (Å²) in [6.45, 7) is 2.08. The summed E-state index contributed by atoms with van der Waals surface area (Å²) in [5.41, 5.74) is 0. The van der Waals surface area contributed by atoms with Crippen LogP contribution in [-0.4, -0.2) is 55.1 Å². The first-order chi connectivity index (χ1) is 12.6. The van der Waals surface area contributed by atoms with E-state index in [4.69, 9.17) is 9.47 Å². The van der Waals surface area contributed by atoms with Gasteiger partial charge in [0.25, 0.3) is 0 Å².